The minimum Gasteiger partial charge on any atom is -0.497 e. The van der Waals surface area contributed by atoms with E-state index >= 15 is 0 Å². The van der Waals surface area contributed by atoms with Crippen molar-refractivity contribution < 1.29 is 19.0 Å². The molecule has 0 aromatic heterocycles. The average Bonchev–Trinajstić information content (AvgIpc) is 3.34. The van der Waals surface area contributed by atoms with E-state index in [1.807, 2.05) is 24.3 Å². The normalized spacial score (nSPS) is 22.5. The van der Waals surface area contributed by atoms with Crippen LogP contribution in [0.4, 0.5) is 4.79 Å². The van der Waals surface area contributed by atoms with Gasteiger partial charge in [-0.25, -0.2) is 4.79 Å². The zero-order chi connectivity index (χ0) is 22.6. The van der Waals surface area contributed by atoms with Crippen LogP contribution >= 0.6 is 0 Å². The van der Waals surface area contributed by atoms with Crippen LogP contribution < -0.4 is 4.74 Å². The molecular formula is C27H41NO4. The van der Waals surface area contributed by atoms with Crippen LogP contribution in [-0.2, 0) is 16.0 Å². The number of fused-ring (bicyclic) bond motifs is 1. The maximum absolute atomic E-state index is 12.4. The lowest BCUT2D eigenvalue weighted by Gasteiger charge is -2.19. The van der Waals surface area contributed by atoms with Crippen molar-refractivity contribution in [2.24, 2.45) is 0 Å². The van der Waals surface area contributed by atoms with E-state index in [9.17, 15) is 4.79 Å². The van der Waals surface area contributed by atoms with E-state index in [1.165, 1.54) is 64.2 Å². The highest BCUT2D eigenvalue weighted by Crippen LogP contribution is 2.32. The van der Waals surface area contributed by atoms with Gasteiger partial charge < -0.3 is 14.2 Å². The van der Waals surface area contributed by atoms with Gasteiger partial charge in [-0.3, -0.25) is 4.90 Å². The van der Waals surface area contributed by atoms with Gasteiger partial charge in [0.1, 0.15) is 11.9 Å². The highest BCUT2D eigenvalue weighted by Gasteiger charge is 2.50. The topological polar surface area (TPSA) is 48.0 Å². The lowest BCUT2D eigenvalue weighted by atomic mass is 10.0. The van der Waals surface area contributed by atoms with Crippen molar-refractivity contribution in [2.45, 2.75) is 102 Å². The fourth-order valence-corrected chi connectivity index (χ4v) is 4.61. The molecule has 0 unspecified atom stereocenters. The molecule has 3 atom stereocenters. The SMILES string of the molecule is CCCCCCCCCCCC/C=C/[C@@H]1OC[C@H]2[C@@H]1OC(=O)N2Cc1ccc(OC)cc1. The Morgan fingerprint density at radius 1 is 1.00 bits per heavy atom. The molecule has 1 amide bonds. The first-order valence-electron chi connectivity index (χ1n) is 12.6. The molecule has 2 heterocycles. The van der Waals surface area contributed by atoms with Gasteiger partial charge >= 0.3 is 6.09 Å². The Bertz CT molecular complexity index is 702. The summed E-state index contributed by atoms with van der Waals surface area (Å²) in [4.78, 5) is 14.2. The predicted molar refractivity (Wildman–Crippen MR) is 128 cm³/mol. The molecule has 2 fully saturated rings. The van der Waals surface area contributed by atoms with Crippen LogP contribution in [0, 0.1) is 0 Å². The number of amides is 1. The van der Waals surface area contributed by atoms with Crippen molar-refractivity contribution in [2.75, 3.05) is 13.7 Å². The van der Waals surface area contributed by atoms with Crippen LogP contribution in [-0.4, -0.2) is 43.0 Å². The monoisotopic (exact) mass is 443 g/mol. The number of hydrogen-bond donors (Lipinski definition) is 0. The molecule has 2 aliphatic heterocycles. The van der Waals surface area contributed by atoms with E-state index in [4.69, 9.17) is 14.2 Å². The van der Waals surface area contributed by atoms with E-state index < -0.39 is 0 Å². The van der Waals surface area contributed by atoms with E-state index in [0.717, 1.165) is 17.7 Å². The molecular weight excluding hydrogens is 402 g/mol. The van der Waals surface area contributed by atoms with E-state index in [-0.39, 0.29) is 24.3 Å². The van der Waals surface area contributed by atoms with Crippen LogP contribution in [0.1, 0.15) is 83.1 Å². The van der Waals surface area contributed by atoms with Gasteiger partial charge in [0, 0.05) is 6.54 Å². The fourth-order valence-electron chi connectivity index (χ4n) is 4.61. The maximum Gasteiger partial charge on any atom is 0.410 e. The minimum absolute atomic E-state index is 0.0171. The summed E-state index contributed by atoms with van der Waals surface area (Å²) in [7, 11) is 1.65. The predicted octanol–water partition coefficient (Wildman–Crippen LogP) is 6.65. The summed E-state index contributed by atoms with van der Waals surface area (Å²) in [6.45, 7) is 3.33. The first-order chi connectivity index (χ1) is 15.7. The number of hydrogen-bond acceptors (Lipinski definition) is 4. The number of nitrogens with zero attached hydrogens (tertiary/aromatic N) is 1. The largest absolute Gasteiger partial charge is 0.497 e. The summed E-state index contributed by atoms with van der Waals surface area (Å²) < 4.78 is 16.8. The van der Waals surface area contributed by atoms with Crippen molar-refractivity contribution in [3.05, 3.63) is 42.0 Å². The summed E-state index contributed by atoms with van der Waals surface area (Å²) >= 11 is 0. The summed E-state index contributed by atoms with van der Waals surface area (Å²) in [5, 5.41) is 0. The van der Waals surface area contributed by atoms with Crippen molar-refractivity contribution in [3.63, 3.8) is 0 Å². The second kappa shape index (κ2) is 13.5. The Hall–Kier alpha value is -2.01. The van der Waals surface area contributed by atoms with Gasteiger partial charge in [0.25, 0.3) is 0 Å². The Kier molecular flexibility index (Phi) is 10.4. The second-order valence-corrected chi connectivity index (χ2v) is 9.09. The molecule has 0 saturated carbocycles. The van der Waals surface area contributed by atoms with Crippen LogP contribution in [0.5, 0.6) is 5.75 Å². The van der Waals surface area contributed by atoms with E-state index in [0.29, 0.717) is 13.2 Å². The Balaban J connectivity index is 1.31. The molecule has 0 aliphatic carbocycles. The zero-order valence-electron chi connectivity index (χ0n) is 20.0. The fraction of sp³-hybridized carbons (Fsp3) is 0.667. The number of carbonyl (C=O) groups excluding carboxylic acids is 1. The van der Waals surface area contributed by atoms with Gasteiger partial charge in [-0.2, -0.15) is 0 Å². The van der Waals surface area contributed by atoms with E-state index in [2.05, 4.69) is 19.1 Å². The molecule has 0 spiro atoms. The van der Waals surface area contributed by atoms with Crippen LogP contribution in [0.15, 0.2) is 36.4 Å². The molecule has 0 bridgehead atoms. The van der Waals surface area contributed by atoms with E-state index in [1.54, 1.807) is 12.0 Å². The third-order valence-corrected chi connectivity index (χ3v) is 6.60. The van der Waals surface area contributed by atoms with Gasteiger partial charge in [0.05, 0.1) is 19.8 Å². The van der Waals surface area contributed by atoms with Gasteiger partial charge in [0.2, 0.25) is 0 Å². The Labute approximate surface area is 194 Å². The lowest BCUT2D eigenvalue weighted by molar-refractivity contribution is 0.0537. The number of ether oxygens (including phenoxy) is 3. The average molecular weight is 444 g/mol. The molecule has 2 aliphatic rings. The summed E-state index contributed by atoms with van der Waals surface area (Å²) in [5.74, 6) is 0.812. The first-order valence-corrected chi connectivity index (χ1v) is 12.6. The van der Waals surface area contributed by atoms with Crippen molar-refractivity contribution in [1.82, 2.24) is 4.90 Å². The van der Waals surface area contributed by atoms with Gasteiger partial charge in [-0.05, 0) is 30.5 Å². The highest BCUT2D eigenvalue weighted by atomic mass is 16.6. The van der Waals surface area contributed by atoms with Crippen molar-refractivity contribution >= 4 is 6.09 Å². The van der Waals surface area contributed by atoms with Crippen molar-refractivity contribution in [1.29, 1.82) is 0 Å². The number of unbranched alkanes of at least 4 members (excludes halogenated alkanes) is 10. The van der Waals surface area contributed by atoms with Crippen LogP contribution in [0.25, 0.3) is 0 Å². The molecule has 0 N–H and O–H groups in total. The molecule has 32 heavy (non-hydrogen) atoms. The van der Waals surface area contributed by atoms with Crippen molar-refractivity contribution in [3.8, 4) is 5.75 Å². The summed E-state index contributed by atoms with van der Waals surface area (Å²) in [6.07, 6.45) is 18.3. The van der Waals surface area contributed by atoms with Gasteiger partial charge in [0.15, 0.2) is 6.10 Å². The third-order valence-electron chi connectivity index (χ3n) is 6.60. The van der Waals surface area contributed by atoms with Gasteiger partial charge in [-0.1, -0.05) is 89.0 Å². The smallest absolute Gasteiger partial charge is 0.410 e. The zero-order valence-corrected chi connectivity index (χ0v) is 20.0. The third kappa shape index (κ3) is 7.26. The molecule has 5 heteroatoms. The molecule has 5 nitrogen and oxygen atoms in total. The minimum atomic E-state index is -0.243. The number of allylic oxidation sites excluding steroid dienone is 1. The molecule has 3 rings (SSSR count). The molecule has 1 aromatic carbocycles. The number of methoxy groups -OCH3 is 1. The molecule has 1 aromatic rings. The number of benzene rings is 1. The number of carbonyl (C=O) groups is 1. The second-order valence-electron chi connectivity index (χ2n) is 9.09. The quantitative estimate of drug-likeness (QED) is 0.225. The maximum atomic E-state index is 12.4. The highest BCUT2D eigenvalue weighted by molar-refractivity contribution is 5.71. The Morgan fingerprint density at radius 3 is 2.31 bits per heavy atom. The molecule has 2 saturated heterocycles. The van der Waals surface area contributed by atoms with Gasteiger partial charge in [-0.15, -0.1) is 0 Å². The lowest BCUT2D eigenvalue weighted by Crippen LogP contribution is -2.36. The summed E-state index contributed by atoms with van der Waals surface area (Å²) in [5.41, 5.74) is 1.06. The summed E-state index contributed by atoms with van der Waals surface area (Å²) in [6, 6.07) is 7.78. The van der Waals surface area contributed by atoms with Crippen LogP contribution in [0.3, 0.4) is 0 Å². The molecule has 178 valence electrons. The molecule has 0 radical (unpaired) electrons. The standard InChI is InChI=1S/C27H41NO4/c1-3-4-5-6-7-8-9-10-11-12-13-14-15-25-26-24(21-31-25)28(27(29)32-26)20-22-16-18-23(30-2)19-17-22/h14-19,24-26H,3-13,20-21H2,1-2H3/b15-14+/t24-,25-,26-/m0/s1. The number of rotatable bonds is 15. The first kappa shape index (κ1) is 24.6. The Morgan fingerprint density at radius 2 is 1.66 bits per heavy atom. The van der Waals surface area contributed by atoms with Crippen LogP contribution in [0.2, 0.25) is 0 Å².